The topological polar surface area (TPSA) is 49.4 Å². The number of Topliss-reactive ketones (excluding diaryl/α,β-unsaturated/α-hetero) is 1. The summed E-state index contributed by atoms with van der Waals surface area (Å²) < 4.78 is 13.7. The van der Waals surface area contributed by atoms with Crippen molar-refractivity contribution in [1.29, 1.82) is 0 Å². The van der Waals surface area contributed by atoms with Crippen LogP contribution in [0.2, 0.25) is 0 Å². The first-order valence-electron chi connectivity index (χ1n) is 9.48. The van der Waals surface area contributed by atoms with E-state index in [-0.39, 0.29) is 36.1 Å². The highest BCUT2D eigenvalue weighted by Crippen LogP contribution is 2.24. The maximum absolute atomic E-state index is 13.7. The molecule has 27 heavy (non-hydrogen) atoms. The van der Waals surface area contributed by atoms with Crippen molar-refractivity contribution in [2.24, 2.45) is 0 Å². The number of nitrogens with one attached hydrogen (secondary N) is 1. The molecule has 4 nitrogen and oxygen atoms in total. The lowest BCUT2D eigenvalue weighted by atomic mass is 10.0. The Labute approximate surface area is 159 Å². The van der Waals surface area contributed by atoms with Crippen LogP contribution < -0.4 is 5.32 Å². The second-order valence-corrected chi connectivity index (χ2v) is 6.88. The third-order valence-electron chi connectivity index (χ3n) is 5.01. The van der Waals surface area contributed by atoms with Crippen LogP contribution in [0.5, 0.6) is 0 Å². The molecule has 1 amide bonds. The Morgan fingerprint density at radius 3 is 2.33 bits per heavy atom. The molecule has 142 valence electrons. The summed E-state index contributed by atoms with van der Waals surface area (Å²) in [6, 6.07) is 16.2. The molecule has 0 spiro atoms. The molecule has 2 aromatic carbocycles. The first-order chi connectivity index (χ1) is 13.1. The van der Waals surface area contributed by atoms with Gasteiger partial charge in [-0.1, -0.05) is 42.5 Å². The molecule has 0 aromatic heterocycles. The average Bonchev–Trinajstić information content (AvgIpc) is 3.22. The molecule has 1 aliphatic rings. The number of carbonyl (C=O) groups excluding carboxylic acids is 2. The number of ketones is 1. The molecule has 0 radical (unpaired) electrons. The Hall–Kier alpha value is -2.53. The molecule has 1 fully saturated rings. The van der Waals surface area contributed by atoms with Gasteiger partial charge in [-0.2, -0.15) is 0 Å². The number of likely N-dealkylation sites (tertiary alicyclic amines) is 1. The molecule has 5 heteroatoms. The fraction of sp³-hybridized carbons (Fsp3) is 0.364. The van der Waals surface area contributed by atoms with Gasteiger partial charge in [0.2, 0.25) is 5.91 Å². The van der Waals surface area contributed by atoms with Gasteiger partial charge in [-0.25, -0.2) is 4.39 Å². The van der Waals surface area contributed by atoms with Gasteiger partial charge in [0, 0.05) is 19.4 Å². The predicted octanol–water partition coefficient (Wildman–Crippen LogP) is 3.74. The number of hydrogen-bond acceptors (Lipinski definition) is 3. The monoisotopic (exact) mass is 368 g/mol. The van der Waals surface area contributed by atoms with Crippen LogP contribution in [0.3, 0.4) is 0 Å². The van der Waals surface area contributed by atoms with E-state index in [1.807, 2.05) is 18.2 Å². The van der Waals surface area contributed by atoms with Crippen LogP contribution in [-0.4, -0.2) is 36.2 Å². The van der Waals surface area contributed by atoms with Gasteiger partial charge in [-0.05, 0) is 43.6 Å². The van der Waals surface area contributed by atoms with E-state index in [0.717, 1.165) is 13.1 Å². The molecular formula is C22H25FN2O2. The largest absolute Gasteiger partial charge is 0.354 e. The summed E-state index contributed by atoms with van der Waals surface area (Å²) in [6.45, 7) is 2.57. The van der Waals surface area contributed by atoms with E-state index < -0.39 is 5.82 Å². The molecule has 0 bridgehead atoms. The maximum Gasteiger partial charge on any atom is 0.220 e. The van der Waals surface area contributed by atoms with Gasteiger partial charge in [-0.15, -0.1) is 0 Å². The second-order valence-electron chi connectivity index (χ2n) is 6.88. The minimum atomic E-state index is -0.541. The SMILES string of the molecule is O=C(CCC(=O)c1ccccc1F)NCC(c1ccccc1)N1CCCC1. The molecule has 1 aliphatic heterocycles. The molecule has 1 heterocycles. The Bertz CT molecular complexity index is 773. The molecular weight excluding hydrogens is 343 g/mol. The number of benzene rings is 2. The summed E-state index contributed by atoms with van der Waals surface area (Å²) in [7, 11) is 0. The normalized spacial score (nSPS) is 15.4. The van der Waals surface area contributed by atoms with Gasteiger partial charge in [0.1, 0.15) is 5.82 Å². The van der Waals surface area contributed by atoms with E-state index in [2.05, 4.69) is 22.3 Å². The molecule has 2 aromatic rings. The van der Waals surface area contributed by atoms with Crippen molar-refractivity contribution in [3.63, 3.8) is 0 Å². The van der Waals surface area contributed by atoms with Gasteiger partial charge in [0.05, 0.1) is 11.6 Å². The quantitative estimate of drug-likeness (QED) is 0.722. The van der Waals surface area contributed by atoms with Gasteiger partial charge in [0.25, 0.3) is 0 Å². The third kappa shape index (κ3) is 5.23. The third-order valence-corrected chi connectivity index (χ3v) is 5.01. The van der Waals surface area contributed by atoms with Gasteiger partial charge < -0.3 is 5.32 Å². The lowest BCUT2D eigenvalue weighted by Gasteiger charge is -2.28. The zero-order valence-corrected chi connectivity index (χ0v) is 15.4. The smallest absolute Gasteiger partial charge is 0.220 e. The summed E-state index contributed by atoms with van der Waals surface area (Å²) >= 11 is 0. The Kier molecular flexibility index (Phi) is 6.71. The lowest BCUT2D eigenvalue weighted by Crippen LogP contribution is -2.36. The van der Waals surface area contributed by atoms with Gasteiger partial charge >= 0.3 is 0 Å². The highest BCUT2D eigenvalue weighted by atomic mass is 19.1. The van der Waals surface area contributed by atoms with Crippen molar-refractivity contribution in [2.45, 2.75) is 31.7 Å². The molecule has 1 unspecified atom stereocenters. The highest BCUT2D eigenvalue weighted by molar-refractivity contribution is 5.98. The molecule has 3 rings (SSSR count). The Morgan fingerprint density at radius 1 is 0.963 bits per heavy atom. The maximum atomic E-state index is 13.7. The van der Waals surface area contributed by atoms with Crippen LogP contribution in [-0.2, 0) is 4.79 Å². The van der Waals surface area contributed by atoms with E-state index >= 15 is 0 Å². The van der Waals surface area contributed by atoms with Crippen LogP contribution in [0.15, 0.2) is 54.6 Å². The first-order valence-corrected chi connectivity index (χ1v) is 9.48. The van der Waals surface area contributed by atoms with Crippen LogP contribution in [0, 0.1) is 5.82 Å². The Morgan fingerprint density at radius 2 is 1.63 bits per heavy atom. The minimum absolute atomic E-state index is 0.00643. The summed E-state index contributed by atoms with van der Waals surface area (Å²) in [4.78, 5) is 26.7. The Balaban J connectivity index is 1.53. The van der Waals surface area contributed by atoms with Crippen molar-refractivity contribution < 1.29 is 14.0 Å². The number of amides is 1. The van der Waals surface area contributed by atoms with Crippen molar-refractivity contribution in [1.82, 2.24) is 10.2 Å². The lowest BCUT2D eigenvalue weighted by molar-refractivity contribution is -0.121. The number of carbonyl (C=O) groups is 2. The number of hydrogen-bond donors (Lipinski definition) is 1. The zero-order valence-electron chi connectivity index (χ0n) is 15.4. The van der Waals surface area contributed by atoms with Crippen molar-refractivity contribution in [2.75, 3.05) is 19.6 Å². The van der Waals surface area contributed by atoms with E-state index in [1.165, 1.54) is 30.5 Å². The first kappa shape index (κ1) is 19.2. The van der Waals surface area contributed by atoms with E-state index in [0.29, 0.717) is 6.54 Å². The molecule has 0 saturated carbocycles. The highest BCUT2D eigenvalue weighted by Gasteiger charge is 2.24. The van der Waals surface area contributed by atoms with Crippen LogP contribution >= 0.6 is 0 Å². The molecule has 1 atom stereocenters. The predicted molar refractivity (Wildman–Crippen MR) is 103 cm³/mol. The molecule has 1 saturated heterocycles. The second kappa shape index (κ2) is 9.42. The minimum Gasteiger partial charge on any atom is -0.354 e. The fourth-order valence-corrected chi connectivity index (χ4v) is 3.53. The summed E-state index contributed by atoms with van der Waals surface area (Å²) in [5, 5.41) is 2.95. The zero-order chi connectivity index (χ0) is 19.1. The van der Waals surface area contributed by atoms with Crippen molar-refractivity contribution in [3.05, 3.63) is 71.5 Å². The fourth-order valence-electron chi connectivity index (χ4n) is 3.53. The van der Waals surface area contributed by atoms with Crippen LogP contribution in [0.4, 0.5) is 4.39 Å². The van der Waals surface area contributed by atoms with Crippen LogP contribution in [0.25, 0.3) is 0 Å². The van der Waals surface area contributed by atoms with Gasteiger partial charge in [0.15, 0.2) is 5.78 Å². The number of rotatable bonds is 8. The van der Waals surface area contributed by atoms with E-state index in [1.54, 1.807) is 12.1 Å². The number of nitrogens with zero attached hydrogens (tertiary/aromatic N) is 1. The number of halogens is 1. The standard InChI is InChI=1S/C22H25FN2O2/c23-19-11-5-4-10-18(19)21(26)12-13-22(27)24-16-20(25-14-6-7-15-25)17-8-2-1-3-9-17/h1-5,8-11,20H,6-7,12-16H2,(H,24,27). The molecule has 0 aliphatic carbocycles. The summed E-state index contributed by atoms with van der Waals surface area (Å²) in [5.74, 6) is -1.07. The summed E-state index contributed by atoms with van der Waals surface area (Å²) in [6.07, 6.45) is 2.42. The van der Waals surface area contributed by atoms with Gasteiger partial charge in [-0.3, -0.25) is 14.5 Å². The average molecular weight is 368 g/mol. The van der Waals surface area contributed by atoms with Crippen LogP contribution in [0.1, 0.15) is 47.6 Å². The van der Waals surface area contributed by atoms with Crippen molar-refractivity contribution in [3.8, 4) is 0 Å². The summed E-state index contributed by atoms with van der Waals surface area (Å²) in [5.41, 5.74) is 1.23. The van der Waals surface area contributed by atoms with E-state index in [9.17, 15) is 14.0 Å². The molecule has 1 N–H and O–H groups in total. The van der Waals surface area contributed by atoms with E-state index in [4.69, 9.17) is 0 Å². The van der Waals surface area contributed by atoms with Crippen molar-refractivity contribution >= 4 is 11.7 Å².